The monoisotopic (exact) mass is 371 g/mol. The van der Waals surface area contributed by atoms with Crippen molar-refractivity contribution in [3.8, 4) is 33.1 Å². The molecule has 2 heterocycles. The zero-order valence-electron chi connectivity index (χ0n) is 14.9. The SMILES string of the molecule is [CH2]CCOCc1cc2c(s1)-c1cc3ccccc3cc1Oc1ccccc1-2. The van der Waals surface area contributed by atoms with Crippen LogP contribution in [0.5, 0.6) is 11.5 Å². The van der Waals surface area contributed by atoms with Crippen LogP contribution in [-0.2, 0) is 11.3 Å². The summed E-state index contributed by atoms with van der Waals surface area (Å²) in [7, 11) is 0. The molecule has 3 heteroatoms. The van der Waals surface area contributed by atoms with Gasteiger partial charge in [-0.1, -0.05) is 49.4 Å². The van der Waals surface area contributed by atoms with Gasteiger partial charge in [0.15, 0.2) is 0 Å². The molecular weight excluding hydrogens is 352 g/mol. The Kier molecular flexibility index (Phi) is 4.19. The first kappa shape index (κ1) is 16.5. The largest absolute Gasteiger partial charge is 0.456 e. The molecule has 3 aromatic carbocycles. The lowest BCUT2D eigenvalue weighted by molar-refractivity contribution is 0.127. The fraction of sp³-hybridized carbons (Fsp3) is 0.125. The van der Waals surface area contributed by atoms with E-state index in [1.807, 2.05) is 12.1 Å². The molecular formula is C24H19O2S. The number of fused-ring (bicyclic) bond motifs is 6. The van der Waals surface area contributed by atoms with E-state index in [1.54, 1.807) is 11.3 Å². The molecule has 4 aromatic rings. The standard InChI is InChI=1S/C24H19O2S/c1-2-11-25-15-18-14-20-19-9-5-6-10-22(19)26-23-13-17-8-4-3-7-16(17)12-21(23)24(20)27-18/h3-10,12-14H,1-2,11,15H2. The van der Waals surface area contributed by atoms with E-state index in [0.717, 1.165) is 29.0 Å². The van der Waals surface area contributed by atoms with Gasteiger partial charge in [0, 0.05) is 33.1 Å². The van der Waals surface area contributed by atoms with Crippen LogP contribution in [0, 0.1) is 6.92 Å². The van der Waals surface area contributed by atoms with Crippen molar-refractivity contribution < 1.29 is 9.47 Å². The van der Waals surface area contributed by atoms with Crippen LogP contribution in [0.4, 0.5) is 0 Å². The van der Waals surface area contributed by atoms with Gasteiger partial charge in [-0.15, -0.1) is 11.3 Å². The van der Waals surface area contributed by atoms with Gasteiger partial charge in [-0.05, 0) is 41.5 Å². The molecule has 1 radical (unpaired) electrons. The van der Waals surface area contributed by atoms with Crippen molar-refractivity contribution in [2.24, 2.45) is 0 Å². The molecule has 0 atom stereocenters. The Morgan fingerprint density at radius 2 is 1.59 bits per heavy atom. The van der Waals surface area contributed by atoms with Gasteiger partial charge in [0.05, 0.1) is 6.61 Å². The minimum absolute atomic E-state index is 0.624. The highest BCUT2D eigenvalue weighted by Gasteiger charge is 2.23. The van der Waals surface area contributed by atoms with Crippen LogP contribution in [0.25, 0.3) is 32.3 Å². The van der Waals surface area contributed by atoms with Crippen molar-refractivity contribution in [3.63, 3.8) is 0 Å². The first-order valence-corrected chi connectivity index (χ1v) is 9.95. The summed E-state index contributed by atoms with van der Waals surface area (Å²) in [5.74, 6) is 1.81. The van der Waals surface area contributed by atoms with Crippen LogP contribution in [-0.4, -0.2) is 6.61 Å². The molecule has 1 aliphatic heterocycles. The second kappa shape index (κ2) is 6.84. The number of benzene rings is 3. The second-order valence-corrected chi connectivity index (χ2v) is 7.79. The van der Waals surface area contributed by atoms with E-state index >= 15 is 0 Å². The summed E-state index contributed by atoms with van der Waals surface area (Å²) in [6.07, 6.45) is 0.788. The number of hydrogen-bond acceptors (Lipinski definition) is 3. The van der Waals surface area contributed by atoms with Crippen LogP contribution in [0.15, 0.2) is 66.7 Å². The molecule has 0 aliphatic carbocycles. The van der Waals surface area contributed by atoms with Crippen molar-refractivity contribution in [2.45, 2.75) is 13.0 Å². The molecule has 5 rings (SSSR count). The zero-order chi connectivity index (χ0) is 18.2. The van der Waals surface area contributed by atoms with Crippen molar-refractivity contribution in [1.82, 2.24) is 0 Å². The molecule has 0 amide bonds. The lowest BCUT2D eigenvalue weighted by atomic mass is 10.0. The highest BCUT2D eigenvalue weighted by atomic mass is 32.1. The summed E-state index contributed by atoms with van der Waals surface area (Å²) >= 11 is 1.79. The van der Waals surface area contributed by atoms with Crippen molar-refractivity contribution >= 4 is 22.1 Å². The number of ether oxygens (including phenoxy) is 2. The summed E-state index contributed by atoms with van der Waals surface area (Å²) in [5.41, 5.74) is 3.50. The molecule has 0 unspecified atom stereocenters. The minimum atomic E-state index is 0.624. The predicted octanol–water partition coefficient (Wildman–Crippen LogP) is 7.08. The summed E-state index contributed by atoms with van der Waals surface area (Å²) in [4.78, 5) is 2.47. The van der Waals surface area contributed by atoms with Crippen LogP contribution in [0.2, 0.25) is 0 Å². The molecule has 0 N–H and O–H groups in total. The van der Waals surface area contributed by atoms with E-state index in [9.17, 15) is 0 Å². The van der Waals surface area contributed by atoms with Gasteiger partial charge in [-0.25, -0.2) is 0 Å². The van der Waals surface area contributed by atoms with Gasteiger partial charge in [-0.2, -0.15) is 0 Å². The summed E-state index contributed by atoms with van der Waals surface area (Å²) < 4.78 is 12.1. The number of hydrogen-bond donors (Lipinski definition) is 0. The summed E-state index contributed by atoms with van der Waals surface area (Å²) in [6, 6.07) is 23.3. The average Bonchev–Trinajstić information content (AvgIpc) is 3.07. The minimum Gasteiger partial charge on any atom is -0.456 e. The lowest BCUT2D eigenvalue weighted by Crippen LogP contribution is -1.91. The summed E-state index contributed by atoms with van der Waals surface area (Å²) in [5, 5.41) is 2.41. The third-order valence-electron chi connectivity index (χ3n) is 4.81. The maximum atomic E-state index is 6.36. The number of rotatable bonds is 4. The molecule has 2 nitrogen and oxygen atoms in total. The van der Waals surface area contributed by atoms with Gasteiger partial charge in [0.25, 0.3) is 0 Å². The van der Waals surface area contributed by atoms with Crippen LogP contribution in [0.1, 0.15) is 11.3 Å². The van der Waals surface area contributed by atoms with Crippen molar-refractivity contribution in [3.05, 3.63) is 78.5 Å². The van der Waals surface area contributed by atoms with Gasteiger partial charge in [0.2, 0.25) is 0 Å². The van der Waals surface area contributed by atoms with E-state index in [4.69, 9.17) is 9.47 Å². The topological polar surface area (TPSA) is 18.5 Å². The molecule has 0 fully saturated rings. The van der Waals surface area contributed by atoms with E-state index in [1.165, 1.54) is 26.1 Å². The smallest absolute Gasteiger partial charge is 0.136 e. The third kappa shape index (κ3) is 2.93. The van der Waals surface area contributed by atoms with Crippen LogP contribution < -0.4 is 4.74 Å². The summed E-state index contributed by atoms with van der Waals surface area (Å²) in [6.45, 7) is 5.15. The highest BCUT2D eigenvalue weighted by Crippen LogP contribution is 2.51. The highest BCUT2D eigenvalue weighted by molar-refractivity contribution is 7.16. The molecule has 0 spiro atoms. The molecule has 0 saturated carbocycles. The van der Waals surface area contributed by atoms with Crippen molar-refractivity contribution in [2.75, 3.05) is 6.61 Å². The lowest BCUT2D eigenvalue weighted by Gasteiger charge is -2.10. The Balaban J connectivity index is 1.72. The van der Waals surface area contributed by atoms with Crippen LogP contribution >= 0.6 is 11.3 Å². The number of para-hydroxylation sites is 1. The molecule has 133 valence electrons. The maximum absolute atomic E-state index is 6.36. The molecule has 1 aliphatic rings. The maximum Gasteiger partial charge on any atom is 0.136 e. The average molecular weight is 371 g/mol. The van der Waals surface area contributed by atoms with Crippen LogP contribution in [0.3, 0.4) is 0 Å². The van der Waals surface area contributed by atoms with Gasteiger partial charge in [-0.3, -0.25) is 0 Å². The molecule has 0 bridgehead atoms. The second-order valence-electron chi connectivity index (χ2n) is 6.66. The van der Waals surface area contributed by atoms with Gasteiger partial charge in [0.1, 0.15) is 11.5 Å². The molecule has 1 aromatic heterocycles. The Bertz CT molecular complexity index is 1130. The number of thiophene rings is 1. The molecule has 0 saturated heterocycles. The normalized spacial score (nSPS) is 12.0. The van der Waals surface area contributed by atoms with E-state index in [2.05, 4.69) is 61.5 Å². The Labute approximate surface area is 163 Å². The van der Waals surface area contributed by atoms with E-state index < -0.39 is 0 Å². The van der Waals surface area contributed by atoms with Crippen molar-refractivity contribution in [1.29, 1.82) is 0 Å². The fourth-order valence-corrected chi connectivity index (χ4v) is 4.70. The quantitative estimate of drug-likeness (QED) is 0.314. The Morgan fingerprint density at radius 1 is 0.815 bits per heavy atom. The van der Waals surface area contributed by atoms with Gasteiger partial charge >= 0.3 is 0 Å². The zero-order valence-corrected chi connectivity index (χ0v) is 15.7. The van der Waals surface area contributed by atoms with E-state index in [0.29, 0.717) is 13.2 Å². The Morgan fingerprint density at radius 3 is 2.44 bits per heavy atom. The fourth-order valence-electron chi connectivity index (χ4n) is 3.57. The van der Waals surface area contributed by atoms with Gasteiger partial charge < -0.3 is 9.47 Å². The molecule has 27 heavy (non-hydrogen) atoms. The first-order chi connectivity index (χ1) is 13.3. The first-order valence-electron chi connectivity index (χ1n) is 9.13. The third-order valence-corrected chi connectivity index (χ3v) is 5.95. The van der Waals surface area contributed by atoms with E-state index in [-0.39, 0.29) is 0 Å². The Hall–Kier alpha value is -2.62. The predicted molar refractivity (Wildman–Crippen MR) is 112 cm³/mol.